The van der Waals surface area contributed by atoms with Crippen LogP contribution in [0.2, 0.25) is 0 Å². The third-order valence-electron chi connectivity index (χ3n) is 4.08. The smallest absolute Gasteiger partial charge is 0.227 e. The summed E-state index contributed by atoms with van der Waals surface area (Å²) in [5, 5.41) is 3.03. The SMILES string of the molecule is CC(C)OCc1cccc(NC(=O)[C@@H]2CCC[C@@H]2CN)c1.Cl. The molecule has 2 rings (SSSR count). The zero-order valence-electron chi connectivity index (χ0n) is 13.4. The van der Waals surface area contributed by atoms with Gasteiger partial charge in [0.25, 0.3) is 0 Å². The van der Waals surface area contributed by atoms with Gasteiger partial charge < -0.3 is 15.8 Å². The van der Waals surface area contributed by atoms with Gasteiger partial charge in [0.05, 0.1) is 12.7 Å². The molecule has 124 valence electrons. The van der Waals surface area contributed by atoms with Crippen LogP contribution in [0.3, 0.4) is 0 Å². The highest BCUT2D eigenvalue weighted by atomic mass is 35.5. The first-order valence-corrected chi connectivity index (χ1v) is 7.81. The van der Waals surface area contributed by atoms with Gasteiger partial charge in [0, 0.05) is 11.6 Å². The lowest BCUT2D eigenvalue weighted by atomic mass is 9.95. The van der Waals surface area contributed by atoms with Gasteiger partial charge in [0.1, 0.15) is 0 Å². The standard InChI is InChI=1S/C17H26N2O2.ClH/c1-12(2)21-11-13-5-3-7-15(9-13)19-17(20)16-8-4-6-14(16)10-18;/h3,5,7,9,12,14,16H,4,6,8,10-11,18H2,1-2H3,(H,19,20);1H/t14-,16-;/m1./s1. The Morgan fingerprint density at radius 2 is 2.18 bits per heavy atom. The summed E-state index contributed by atoms with van der Waals surface area (Å²) >= 11 is 0. The number of carbonyl (C=O) groups is 1. The molecule has 4 nitrogen and oxygen atoms in total. The van der Waals surface area contributed by atoms with E-state index in [4.69, 9.17) is 10.5 Å². The molecule has 0 heterocycles. The highest BCUT2D eigenvalue weighted by molar-refractivity contribution is 5.93. The van der Waals surface area contributed by atoms with Crippen LogP contribution < -0.4 is 11.1 Å². The van der Waals surface area contributed by atoms with E-state index in [-0.39, 0.29) is 30.3 Å². The minimum absolute atomic E-state index is 0. The maximum Gasteiger partial charge on any atom is 0.227 e. The minimum atomic E-state index is 0. The number of ether oxygens (including phenoxy) is 1. The van der Waals surface area contributed by atoms with E-state index in [0.29, 0.717) is 19.1 Å². The van der Waals surface area contributed by atoms with E-state index in [1.807, 2.05) is 38.1 Å². The number of benzene rings is 1. The quantitative estimate of drug-likeness (QED) is 0.842. The first-order valence-electron chi connectivity index (χ1n) is 7.81. The molecular formula is C17H27ClN2O2. The predicted molar refractivity (Wildman–Crippen MR) is 92.1 cm³/mol. The fraction of sp³-hybridized carbons (Fsp3) is 0.588. The second-order valence-corrected chi connectivity index (χ2v) is 6.08. The van der Waals surface area contributed by atoms with Gasteiger partial charge in [0.2, 0.25) is 5.91 Å². The first kappa shape index (κ1) is 18.9. The van der Waals surface area contributed by atoms with E-state index in [9.17, 15) is 4.79 Å². The monoisotopic (exact) mass is 326 g/mol. The molecule has 1 aliphatic rings. The zero-order valence-corrected chi connectivity index (χ0v) is 14.2. The van der Waals surface area contributed by atoms with Gasteiger partial charge in [0.15, 0.2) is 0 Å². The van der Waals surface area contributed by atoms with Crippen molar-refractivity contribution in [3.8, 4) is 0 Å². The molecule has 2 atom stereocenters. The number of amides is 1. The minimum Gasteiger partial charge on any atom is -0.374 e. The first-order chi connectivity index (χ1) is 10.1. The number of hydrogen-bond acceptors (Lipinski definition) is 3. The summed E-state index contributed by atoms with van der Waals surface area (Å²) in [6.07, 6.45) is 3.31. The Bertz CT molecular complexity index is 479. The van der Waals surface area contributed by atoms with Crippen molar-refractivity contribution in [1.29, 1.82) is 0 Å². The average Bonchev–Trinajstić information content (AvgIpc) is 2.94. The Balaban J connectivity index is 0.00000242. The van der Waals surface area contributed by atoms with Crippen molar-refractivity contribution in [2.24, 2.45) is 17.6 Å². The van der Waals surface area contributed by atoms with Gasteiger partial charge in [-0.2, -0.15) is 0 Å². The number of carbonyl (C=O) groups excluding carboxylic acids is 1. The van der Waals surface area contributed by atoms with Crippen LogP contribution in [0, 0.1) is 11.8 Å². The van der Waals surface area contributed by atoms with Crippen molar-refractivity contribution in [1.82, 2.24) is 0 Å². The van der Waals surface area contributed by atoms with E-state index in [2.05, 4.69) is 5.32 Å². The molecule has 0 unspecified atom stereocenters. The predicted octanol–water partition coefficient (Wildman–Crippen LogP) is 3.35. The maximum atomic E-state index is 12.4. The van der Waals surface area contributed by atoms with Crippen molar-refractivity contribution in [2.45, 2.75) is 45.8 Å². The number of anilines is 1. The highest BCUT2D eigenvalue weighted by Crippen LogP contribution is 2.31. The number of hydrogen-bond donors (Lipinski definition) is 2. The number of halogens is 1. The molecule has 1 fully saturated rings. The van der Waals surface area contributed by atoms with Crippen LogP contribution in [0.15, 0.2) is 24.3 Å². The molecule has 1 saturated carbocycles. The summed E-state index contributed by atoms with van der Waals surface area (Å²) in [5.74, 6) is 0.493. The average molecular weight is 327 g/mol. The summed E-state index contributed by atoms with van der Waals surface area (Å²) in [6.45, 7) is 5.19. The Labute approximate surface area is 139 Å². The lowest BCUT2D eigenvalue weighted by Gasteiger charge is -2.17. The molecule has 0 aliphatic heterocycles. The molecule has 0 bridgehead atoms. The Morgan fingerprint density at radius 1 is 1.41 bits per heavy atom. The van der Waals surface area contributed by atoms with E-state index >= 15 is 0 Å². The molecule has 1 aliphatic carbocycles. The normalized spacial score (nSPS) is 20.7. The van der Waals surface area contributed by atoms with Crippen molar-refractivity contribution in [2.75, 3.05) is 11.9 Å². The van der Waals surface area contributed by atoms with E-state index in [1.54, 1.807) is 0 Å². The van der Waals surface area contributed by atoms with Crippen LogP contribution in [0.4, 0.5) is 5.69 Å². The van der Waals surface area contributed by atoms with Crippen LogP contribution in [0.1, 0.15) is 38.7 Å². The molecule has 1 aromatic rings. The third-order valence-corrected chi connectivity index (χ3v) is 4.08. The molecule has 5 heteroatoms. The van der Waals surface area contributed by atoms with Gasteiger partial charge in [-0.05, 0) is 56.8 Å². The highest BCUT2D eigenvalue weighted by Gasteiger charge is 2.31. The van der Waals surface area contributed by atoms with Crippen molar-refractivity contribution >= 4 is 24.0 Å². The second-order valence-electron chi connectivity index (χ2n) is 6.08. The summed E-state index contributed by atoms with van der Waals surface area (Å²) in [5.41, 5.74) is 7.66. The van der Waals surface area contributed by atoms with Crippen LogP contribution in [-0.4, -0.2) is 18.6 Å². The molecule has 3 N–H and O–H groups in total. The topological polar surface area (TPSA) is 64.3 Å². The summed E-state index contributed by atoms with van der Waals surface area (Å²) in [7, 11) is 0. The van der Waals surface area contributed by atoms with Crippen molar-refractivity contribution in [3.05, 3.63) is 29.8 Å². The van der Waals surface area contributed by atoms with Gasteiger partial charge >= 0.3 is 0 Å². The van der Waals surface area contributed by atoms with Crippen LogP contribution in [0.25, 0.3) is 0 Å². The third kappa shape index (κ3) is 5.27. The molecule has 22 heavy (non-hydrogen) atoms. The Morgan fingerprint density at radius 3 is 2.86 bits per heavy atom. The number of nitrogens with two attached hydrogens (primary N) is 1. The van der Waals surface area contributed by atoms with Crippen molar-refractivity contribution in [3.63, 3.8) is 0 Å². The molecule has 0 aromatic heterocycles. The van der Waals surface area contributed by atoms with Gasteiger partial charge in [-0.25, -0.2) is 0 Å². The summed E-state index contributed by atoms with van der Waals surface area (Å²) < 4.78 is 5.59. The van der Waals surface area contributed by atoms with E-state index in [1.165, 1.54) is 0 Å². The van der Waals surface area contributed by atoms with Crippen molar-refractivity contribution < 1.29 is 9.53 Å². The molecule has 0 radical (unpaired) electrons. The Kier molecular flexibility index (Phi) is 7.87. The fourth-order valence-corrected chi connectivity index (χ4v) is 2.90. The van der Waals surface area contributed by atoms with Gasteiger partial charge in [-0.1, -0.05) is 18.6 Å². The maximum absolute atomic E-state index is 12.4. The molecule has 0 saturated heterocycles. The summed E-state index contributed by atoms with van der Waals surface area (Å²) in [4.78, 5) is 12.4. The fourth-order valence-electron chi connectivity index (χ4n) is 2.90. The second kappa shape index (κ2) is 9.13. The largest absolute Gasteiger partial charge is 0.374 e. The lowest BCUT2D eigenvalue weighted by molar-refractivity contribution is -0.120. The molecule has 1 aromatic carbocycles. The van der Waals surface area contributed by atoms with E-state index < -0.39 is 0 Å². The number of nitrogens with one attached hydrogen (secondary N) is 1. The molecular weight excluding hydrogens is 300 g/mol. The van der Waals surface area contributed by atoms with Crippen LogP contribution in [-0.2, 0) is 16.1 Å². The molecule has 0 spiro atoms. The lowest BCUT2D eigenvalue weighted by Crippen LogP contribution is -2.29. The molecule has 1 amide bonds. The Hall–Kier alpha value is -1.10. The van der Waals surface area contributed by atoms with Gasteiger partial charge in [-0.3, -0.25) is 4.79 Å². The van der Waals surface area contributed by atoms with Crippen LogP contribution in [0.5, 0.6) is 0 Å². The van der Waals surface area contributed by atoms with Crippen LogP contribution >= 0.6 is 12.4 Å². The van der Waals surface area contributed by atoms with Gasteiger partial charge in [-0.15, -0.1) is 12.4 Å². The number of rotatable bonds is 6. The zero-order chi connectivity index (χ0) is 15.2. The van der Waals surface area contributed by atoms with E-state index in [0.717, 1.165) is 30.5 Å². The summed E-state index contributed by atoms with van der Waals surface area (Å²) in [6, 6.07) is 7.86.